The quantitative estimate of drug-likeness (QED) is 0.823. The van der Waals surface area contributed by atoms with Gasteiger partial charge in [0.05, 0.1) is 21.3 Å². The van der Waals surface area contributed by atoms with Crippen LogP contribution in [0.3, 0.4) is 0 Å². The highest BCUT2D eigenvalue weighted by molar-refractivity contribution is 8.18. The Morgan fingerprint density at radius 2 is 2.04 bits per heavy atom. The van der Waals surface area contributed by atoms with Crippen LogP contribution in [0.15, 0.2) is 33.5 Å². The Morgan fingerprint density at radius 3 is 2.75 bits per heavy atom. The molecule has 0 radical (unpaired) electrons. The number of amides is 1. The van der Waals surface area contributed by atoms with Crippen LogP contribution in [0.25, 0.3) is 6.08 Å². The van der Waals surface area contributed by atoms with Crippen molar-refractivity contribution in [2.75, 3.05) is 0 Å². The van der Waals surface area contributed by atoms with Gasteiger partial charge in [-0.05, 0) is 55.7 Å². The van der Waals surface area contributed by atoms with Gasteiger partial charge in [-0.15, -0.1) is 11.3 Å². The Hall–Kier alpha value is -1.92. The van der Waals surface area contributed by atoms with E-state index in [1.165, 1.54) is 29.6 Å². The summed E-state index contributed by atoms with van der Waals surface area (Å²) in [6.07, 6.45) is 4.34. The molecule has 0 bridgehead atoms. The summed E-state index contributed by atoms with van der Waals surface area (Å²) in [6, 6.07) is 6.07. The second-order valence-corrected chi connectivity index (χ2v) is 8.03. The molecule has 2 aromatic rings. The predicted octanol–water partition coefficient (Wildman–Crippen LogP) is 4.53. The molecule has 122 valence electrons. The van der Waals surface area contributed by atoms with Gasteiger partial charge in [0.25, 0.3) is 5.91 Å². The van der Waals surface area contributed by atoms with Crippen LogP contribution in [0.2, 0.25) is 0 Å². The maximum absolute atomic E-state index is 12.2. The van der Waals surface area contributed by atoms with Crippen molar-refractivity contribution in [2.24, 2.45) is 4.99 Å². The molecule has 24 heavy (non-hydrogen) atoms. The molecule has 1 N–H and O–H groups in total. The van der Waals surface area contributed by atoms with Gasteiger partial charge in [-0.3, -0.25) is 4.79 Å². The largest absolute Gasteiger partial charge is 0.300 e. The third-order valence-electron chi connectivity index (χ3n) is 4.05. The summed E-state index contributed by atoms with van der Waals surface area (Å²) in [7, 11) is 0. The fourth-order valence-corrected chi connectivity index (χ4v) is 4.34. The summed E-state index contributed by atoms with van der Waals surface area (Å²) in [5.74, 6) is 0.541. The highest BCUT2D eigenvalue weighted by Gasteiger charge is 2.27. The minimum atomic E-state index is -0.106. The third-order valence-corrected chi connectivity index (χ3v) is 5.98. The lowest BCUT2D eigenvalue weighted by Gasteiger charge is -2.04. The Morgan fingerprint density at radius 1 is 1.29 bits per heavy atom. The topological polar surface area (TPSA) is 54.4 Å². The first kappa shape index (κ1) is 15.6. The van der Waals surface area contributed by atoms with Crippen LogP contribution in [-0.4, -0.2) is 16.1 Å². The minimum Gasteiger partial charge on any atom is -0.300 e. The first-order valence-electron chi connectivity index (χ1n) is 7.91. The number of carbonyl (C=O) groups is 1. The molecular formula is C18H17N3OS2. The first-order valence-corrected chi connectivity index (χ1v) is 9.61. The smallest absolute Gasteiger partial charge is 0.264 e. The number of aryl methyl sites for hydroxylation is 2. The van der Waals surface area contributed by atoms with Crippen LogP contribution < -0.4 is 5.32 Å². The van der Waals surface area contributed by atoms with Crippen molar-refractivity contribution in [2.45, 2.75) is 32.6 Å². The number of nitrogens with one attached hydrogen (secondary N) is 1. The molecule has 1 aliphatic heterocycles. The van der Waals surface area contributed by atoms with Crippen LogP contribution >= 0.6 is 23.1 Å². The standard InChI is InChI=1S/C18H17N3OS2/c1-10-4-3-5-11(2)15(10)20-18-21-16(22)14(24-18)8-13-9-23-17(19-13)12-6-7-12/h3-5,8-9,12H,6-7H2,1-2H3,(H,20,21,22)/b14-8-. The predicted molar refractivity (Wildman–Crippen MR) is 101 cm³/mol. The number of aromatic nitrogens is 1. The van der Waals surface area contributed by atoms with Gasteiger partial charge in [-0.25, -0.2) is 9.98 Å². The number of aliphatic imine (C=N–C) groups is 1. The average molecular weight is 355 g/mol. The number of para-hydroxylation sites is 1. The second kappa shape index (κ2) is 6.18. The number of carbonyl (C=O) groups excluding carboxylic acids is 1. The Bertz CT molecular complexity index is 858. The zero-order valence-electron chi connectivity index (χ0n) is 13.5. The van der Waals surface area contributed by atoms with Crippen LogP contribution in [0, 0.1) is 13.8 Å². The minimum absolute atomic E-state index is 0.106. The fraction of sp³-hybridized carbons (Fsp3) is 0.278. The Labute approximate surface area is 149 Å². The highest BCUT2D eigenvalue weighted by Crippen LogP contribution is 2.41. The van der Waals surface area contributed by atoms with E-state index >= 15 is 0 Å². The van der Waals surface area contributed by atoms with Gasteiger partial charge in [-0.1, -0.05) is 18.2 Å². The summed E-state index contributed by atoms with van der Waals surface area (Å²) in [6.45, 7) is 4.05. The van der Waals surface area contributed by atoms with Crippen LogP contribution in [0.1, 0.15) is 40.6 Å². The monoisotopic (exact) mass is 355 g/mol. The molecule has 2 heterocycles. The van der Waals surface area contributed by atoms with Crippen molar-refractivity contribution in [1.29, 1.82) is 0 Å². The van der Waals surface area contributed by atoms with Gasteiger partial charge in [0.1, 0.15) is 0 Å². The van der Waals surface area contributed by atoms with Crippen molar-refractivity contribution < 1.29 is 4.79 Å². The molecule has 1 aliphatic carbocycles. The molecule has 2 fully saturated rings. The van der Waals surface area contributed by atoms with Crippen molar-refractivity contribution in [1.82, 2.24) is 10.3 Å². The molecular weight excluding hydrogens is 338 g/mol. The van der Waals surface area contributed by atoms with E-state index < -0.39 is 0 Å². The molecule has 2 aliphatic rings. The van der Waals surface area contributed by atoms with Crippen molar-refractivity contribution in [3.05, 3.63) is 50.3 Å². The average Bonchev–Trinajstić information content (AvgIpc) is 3.20. The number of nitrogens with zero attached hydrogens (tertiary/aromatic N) is 2. The second-order valence-electron chi connectivity index (χ2n) is 6.11. The van der Waals surface area contributed by atoms with Crippen LogP contribution in [-0.2, 0) is 4.79 Å². The summed E-state index contributed by atoms with van der Waals surface area (Å²) in [5.41, 5.74) is 3.99. The summed E-state index contributed by atoms with van der Waals surface area (Å²) in [4.78, 5) is 22.1. The number of hydrogen-bond donors (Lipinski definition) is 1. The zero-order chi connectivity index (χ0) is 16.7. The maximum Gasteiger partial charge on any atom is 0.264 e. The molecule has 4 nitrogen and oxygen atoms in total. The summed E-state index contributed by atoms with van der Waals surface area (Å²) >= 11 is 3.06. The first-order chi connectivity index (χ1) is 11.6. The highest BCUT2D eigenvalue weighted by atomic mass is 32.2. The Kier molecular flexibility index (Phi) is 4.02. The number of thioether (sulfide) groups is 1. The molecule has 1 aromatic heterocycles. The van der Waals surface area contributed by atoms with E-state index in [4.69, 9.17) is 0 Å². The lowest BCUT2D eigenvalue weighted by Crippen LogP contribution is -2.19. The SMILES string of the molecule is Cc1cccc(C)c1N=C1NC(=O)/C(=C/c2csc(C3CC3)n2)S1. The van der Waals surface area contributed by atoms with E-state index in [-0.39, 0.29) is 5.91 Å². The zero-order valence-corrected chi connectivity index (χ0v) is 15.1. The molecule has 0 atom stereocenters. The molecule has 1 aromatic carbocycles. The van der Waals surface area contributed by atoms with Gasteiger partial charge >= 0.3 is 0 Å². The molecule has 1 amide bonds. The number of benzene rings is 1. The van der Waals surface area contributed by atoms with E-state index in [1.54, 1.807) is 11.3 Å². The van der Waals surface area contributed by atoms with Crippen molar-refractivity contribution >= 4 is 45.9 Å². The number of rotatable bonds is 3. The van der Waals surface area contributed by atoms with Gasteiger partial charge in [0.15, 0.2) is 5.17 Å². The summed E-state index contributed by atoms with van der Waals surface area (Å²) < 4.78 is 0. The van der Waals surface area contributed by atoms with Gasteiger partial charge in [0.2, 0.25) is 0 Å². The normalized spacial score (nSPS) is 20.8. The molecule has 4 rings (SSSR count). The van der Waals surface area contributed by atoms with Gasteiger partial charge in [0, 0.05) is 11.3 Å². The van der Waals surface area contributed by atoms with E-state index in [1.807, 2.05) is 43.5 Å². The Balaban J connectivity index is 1.58. The van der Waals surface area contributed by atoms with E-state index in [9.17, 15) is 4.79 Å². The van der Waals surface area contributed by atoms with Crippen LogP contribution in [0.5, 0.6) is 0 Å². The van der Waals surface area contributed by atoms with E-state index in [2.05, 4.69) is 15.3 Å². The lowest BCUT2D eigenvalue weighted by molar-refractivity contribution is -0.115. The molecule has 1 saturated carbocycles. The molecule has 0 spiro atoms. The molecule has 6 heteroatoms. The van der Waals surface area contributed by atoms with Gasteiger partial charge < -0.3 is 5.32 Å². The number of amidine groups is 1. The van der Waals surface area contributed by atoms with Crippen molar-refractivity contribution in [3.8, 4) is 0 Å². The van der Waals surface area contributed by atoms with Crippen molar-refractivity contribution in [3.63, 3.8) is 0 Å². The van der Waals surface area contributed by atoms with Crippen LogP contribution in [0.4, 0.5) is 5.69 Å². The number of hydrogen-bond acceptors (Lipinski definition) is 5. The lowest BCUT2D eigenvalue weighted by atomic mass is 10.1. The van der Waals surface area contributed by atoms with E-state index in [0.717, 1.165) is 22.5 Å². The number of thiazole rings is 1. The fourth-order valence-electron chi connectivity index (χ4n) is 2.58. The van der Waals surface area contributed by atoms with E-state index in [0.29, 0.717) is 16.0 Å². The third kappa shape index (κ3) is 3.16. The molecule has 0 unspecified atom stereocenters. The molecule has 1 saturated heterocycles. The van der Waals surface area contributed by atoms with Gasteiger partial charge in [-0.2, -0.15) is 0 Å². The summed E-state index contributed by atoms with van der Waals surface area (Å²) in [5, 5.41) is 6.69. The maximum atomic E-state index is 12.2.